The first-order chi connectivity index (χ1) is 37.7. The van der Waals surface area contributed by atoms with E-state index in [9.17, 15) is 66.8 Å². The molecule has 7 aromatic rings. The molecule has 0 atom stereocenters. The number of aliphatic hydroxyl groups excluding tert-OH is 1. The summed E-state index contributed by atoms with van der Waals surface area (Å²) in [5.74, 6) is -3.58. The van der Waals surface area contributed by atoms with Gasteiger partial charge in [0.05, 0.1) is 73.9 Å². The highest BCUT2D eigenvalue weighted by atomic mass is 32.2. The molecule has 0 radical (unpaired) electrons. The van der Waals surface area contributed by atoms with Gasteiger partial charge in [-0.1, -0.05) is 17.4 Å². The van der Waals surface area contributed by atoms with E-state index >= 15 is 0 Å². The first kappa shape index (κ1) is 60.3. The molecule has 426 valence electrons. The lowest BCUT2D eigenvalue weighted by Crippen LogP contribution is -2.11. The van der Waals surface area contributed by atoms with Crippen LogP contribution in [-0.4, -0.2) is 124 Å². The molecule has 0 aliphatic rings. The minimum Gasteiger partial charge on any atom is -0.505 e. The van der Waals surface area contributed by atoms with Gasteiger partial charge in [-0.25, -0.2) is 4.98 Å². The van der Waals surface area contributed by atoms with Crippen LogP contribution >= 0.6 is 11.3 Å². The first-order valence-electron chi connectivity index (χ1n) is 22.2. The summed E-state index contributed by atoms with van der Waals surface area (Å²) in [6.07, 6.45) is -0.121. The van der Waals surface area contributed by atoms with E-state index in [1.807, 2.05) is 0 Å². The molecule has 0 saturated carbocycles. The fourth-order valence-electron chi connectivity index (χ4n) is 7.38. The van der Waals surface area contributed by atoms with Gasteiger partial charge >= 0.3 is 0 Å². The molecule has 0 aliphatic carbocycles. The van der Waals surface area contributed by atoms with E-state index in [1.165, 1.54) is 36.4 Å². The van der Waals surface area contributed by atoms with Gasteiger partial charge in [0, 0.05) is 28.0 Å². The summed E-state index contributed by atoms with van der Waals surface area (Å²) < 4.78 is 167. The average molecular weight is 1230 g/mol. The third-order valence-electron chi connectivity index (χ3n) is 11.2. The third-order valence-corrected chi connectivity index (χ3v) is 18.3. The minimum absolute atomic E-state index is 0.0280. The van der Waals surface area contributed by atoms with Crippen molar-refractivity contribution < 1.29 is 93.0 Å². The van der Waals surface area contributed by atoms with E-state index in [4.69, 9.17) is 17.8 Å². The molecule has 7 rings (SSSR count). The maximum absolute atomic E-state index is 13.8. The molecular weight excluding hydrogens is 1180 g/mol. The number of aromatic nitrogens is 3. The Labute approximate surface area is 458 Å². The quantitative estimate of drug-likeness (QED) is 0.0148. The molecule has 0 saturated heterocycles. The zero-order valence-electron chi connectivity index (χ0n) is 41.9. The number of aliphatic hydroxyl groups is 1. The number of carbonyl (C=O) groups excluding carboxylic acids is 1. The molecular formula is C44H43N9O21S6. The van der Waals surface area contributed by atoms with Crippen molar-refractivity contribution in [3.05, 3.63) is 89.1 Å². The zero-order valence-corrected chi connectivity index (χ0v) is 46.8. The van der Waals surface area contributed by atoms with Crippen LogP contribution in [0.4, 0.5) is 33.6 Å². The largest absolute Gasteiger partial charge is 0.505 e. The number of hydrogen-bond acceptors (Lipinski definition) is 29. The Hall–Kier alpha value is -7.36. The molecule has 0 fully saturated rings. The molecule has 0 bridgehead atoms. The summed E-state index contributed by atoms with van der Waals surface area (Å²) >= 11 is 0.820. The van der Waals surface area contributed by atoms with Crippen molar-refractivity contribution in [2.75, 3.05) is 40.8 Å². The number of benzene rings is 5. The van der Waals surface area contributed by atoms with Crippen LogP contribution in [-0.2, 0) is 95.8 Å². The highest BCUT2D eigenvalue weighted by Gasteiger charge is 2.29. The summed E-state index contributed by atoms with van der Waals surface area (Å²) in [4.78, 5) is 14.1. The summed E-state index contributed by atoms with van der Waals surface area (Å²) in [5, 5.41) is 61.1. The number of carbonyl (C=O) groups is 1. The van der Waals surface area contributed by atoms with Gasteiger partial charge in [-0.2, -0.15) is 51.9 Å². The summed E-state index contributed by atoms with van der Waals surface area (Å²) in [6, 6.07) is 13.3. The lowest BCUT2D eigenvalue weighted by Gasteiger charge is -2.14. The van der Waals surface area contributed by atoms with E-state index in [1.54, 1.807) is 6.92 Å². The Balaban J connectivity index is 1.33. The van der Waals surface area contributed by atoms with E-state index in [0.29, 0.717) is 5.56 Å². The van der Waals surface area contributed by atoms with Crippen LogP contribution in [0, 0.1) is 6.92 Å². The molecule has 0 unspecified atom stereocenters. The van der Waals surface area contributed by atoms with Crippen LogP contribution in [0.3, 0.4) is 0 Å². The summed E-state index contributed by atoms with van der Waals surface area (Å²) in [7, 11) is -18.7. The summed E-state index contributed by atoms with van der Waals surface area (Å²) in [6.45, 7) is 0.0675. The van der Waals surface area contributed by atoms with Crippen LogP contribution in [0.15, 0.2) is 112 Å². The Morgan fingerprint density at radius 3 is 1.98 bits per heavy atom. The van der Waals surface area contributed by atoms with E-state index < -0.39 is 120 Å². The number of phenolic OH excluding ortho intramolecular Hbond substituents is 1. The maximum Gasteiger partial charge on any atom is 0.299 e. The topological polar surface area (TPSA) is 429 Å². The molecule has 0 spiro atoms. The third kappa shape index (κ3) is 13.3. The molecule has 30 nitrogen and oxygen atoms in total. The second-order valence-corrected chi connectivity index (χ2v) is 25.5. The molecule has 80 heavy (non-hydrogen) atoms. The van der Waals surface area contributed by atoms with Crippen molar-refractivity contribution in [1.29, 1.82) is 0 Å². The van der Waals surface area contributed by atoms with Crippen LogP contribution in [0.5, 0.6) is 17.4 Å². The van der Waals surface area contributed by atoms with Crippen molar-refractivity contribution in [3.63, 3.8) is 0 Å². The van der Waals surface area contributed by atoms with Crippen LogP contribution < -0.4 is 4.74 Å². The van der Waals surface area contributed by atoms with Crippen molar-refractivity contribution in [3.8, 4) is 23.1 Å². The molecule has 2 heterocycles. The SMILES string of the molecule is COS(=O)(=O)CCCOc1cc(N=Nc2nc3ccc(CO)c(S(=O)(=O)OC)c3s2)c(C)cc1N=Nc1c(CS(=O)(=O)O)cc2c(S(=O)(=O)OC)c(N=Nc3c(COC=O)nn(-c4ccc(S(=O)(=O)OC)cc4)c3O)ccc2c1O. The molecule has 0 aliphatic heterocycles. The highest BCUT2D eigenvalue weighted by molar-refractivity contribution is 7.88. The Morgan fingerprint density at radius 1 is 0.688 bits per heavy atom. The second kappa shape index (κ2) is 24.2. The number of hydrogen-bond donors (Lipinski definition) is 4. The standard InChI is InChI=1S/C44H43N9O21S6/c1-24-17-34(36(74-15-6-16-77(61,62)69-2)19-33(24)47-51-44-45-31-13-7-25(20-54)41(40(31)75-44)79(65,66)71-4)48-49-37-26(22-76(58,59)60)18-30-29(39(37)56)12-14-32(42(30)80(67,68)72-5)46-50-38-35(21-73-23-55)52-53(43(38)57)27-8-10-28(11-9-27)78(63,64)70-3/h7-14,17-19,23,54,56-57H,6,15-16,20-22H2,1-5H3,(H,58,59,60). The number of phenols is 1. The van der Waals surface area contributed by atoms with Gasteiger partial charge < -0.3 is 24.8 Å². The predicted octanol–water partition coefficient (Wildman–Crippen LogP) is 6.90. The number of ether oxygens (including phenoxy) is 2. The molecule has 2 aromatic heterocycles. The van der Waals surface area contributed by atoms with Crippen LogP contribution in [0.1, 0.15) is 28.8 Å². The fourth-order valence-corrected chi connectivity index (χ4v) is 12.5. The van der Waals surface area contributed by atoms with Gasteiger partial charge in [0.1, 0.15) is 50.7 Å². The molecule has 5 aromatic carbocycles. The van der Waals surface area contributed by atoms with Crippen molar-refractivity contribution in [2.45, 2.75) is 47.0 Å². The Bertz CT molecular complexity index is 4250. The van der Waals surface area contributed by atoms with Gasteiger partial charge in [0.15, 0.2) is 11.4 Å². The van der Waals surface area contributed by atoms with Crippen molar-refractivity contribution in [2.24, 2.45) is 30.7 Å². The van der Waals surface area contributed by atoms with Crippen molar-refractivity contribution in [1.82, 2.24) is 14.8 Å². The number of aromatic hydroxyl groups is 2. The molecule has 4 N–H and O–H groups in total. The number of rotatable bonds is 25. The first-order valence-corrected chi connectivity index (χ1v) is 30.4. The summed E-state index contributed by atoms with van der Waals surface area (Å²) in [5.41, 5.74) is -1.86. The Kier molecular flexibility index (Phi) is 18.2. The van der Waals surface area contributed by atoms with Gasteiger partial charge in [-0.15, -0.1) is 30.7 Å². The lowest BCUT2D eigenvalue weighted by atomic mass is 10.0. The number of fused-ring (bicyclic) bond motifs is 2. The number of azo groups is 3. The Morgan fingerprint density at radius 2 is 1.34 bits per heavy atom. The predicted molar refractivity (Wildman–Crippen MR) is 280 cm³/mol. The van der Waals surface area contributed by atoms with Gasteiger partial charge in [0.2, 0.25) is 11.0 Å². The second-order valence-electron chi connectivity index (χ2n) is 16.2. The minimum atomic E-state index is -5.03. The lowest BCUT2D eigenvalue weighted by molar-refractivity contribution is -0.129. The fraction of sp³-hybridized carbons (Fsp3) is 0.250. The van der Waals surface area contributed by atoms with Crippen molar-refractivity contribution >= 4 is 123 Å². The molecule has 0 amide bonds. The maximum atomic E-state index is 13.8. The normalized spacial score (nSPS) is 12.9. The van der Waals surface area contributed by atoms with Gasteiger partial charge in [-0.05, 0) is 73.5 Å². The number of nitrogens with zero attached hydrogens (tertiary/aromatic N) is 9. The van der Waals surface area contributed by atoms with E-state index in [2.05, 4.69) is 49.1 Å². The average Bonchev–Trinajstić information content (AvgIpc) is 4.15. The van der Waals surface area contributed by atoms with E-state index in [-0.39, 0.29) is 84.1 Å². The van der Waals surface area contributed by atoms with Crippen LogP contribution in [0.2, 0.25) is 0 Å². The smallest absolute Gasteiger partial charge is 0.299 e. The monoisotopic (exact) mass is 1230 g/mol. The highest BCUT2D eigenvalue weighted by Crippen LogP contribution is 2.47. The molecule has 36 heteroatoms. The van der Waals surface area contributed by atoms with Crippen LogP contribution in [0.25, 0.3) is 26.7 Å². The van der Waals surface area contributed by atoms with Gasteiger partial charge in [-0.3, -0.25) is 26.1 Å². The number of aryl methyl sites for hydroxylation is 1. The van der Waals surface area contributed by atoms with Gasteiger partial charge in [0.25, 0.3) is 57.1 Å². The van der Waals surface area contributed by atoms with E-state index in [0.717, 1.165) is 74.8 Å². The zero-order chi connectivity index (χ0) is 58.5. The number of thiazole rings is 1.